The number of fused-ring (bicyclic) bond motifs is 5. The molecule has 1 N–H and O–H groups in total. The zero-order valence-electron chi connectivity index (χ0n) is 16.6. The largest absolute Gasteiger partial charge is 0.431 e. The van der Waals surface area contributed by atoms with E-state index in [0.29, 0.717) is 11.1 Å². The fraction of sp³-hybridized carbons (Fsp3) is 0.455. The lowest BCUT2D eigenvalue weighted by Crippen LogP contribution is -2.55. The van der Waals surface area contributed by atoms with Gasteiger partial charge in [-0.2, -0.15) is 26.0 Å². The van der Waals surface area contributed by atoms with Gasteiger partial charge in [-0.15, -0.1) is 0 Å². The molecule has 2 aromatic rings. The lowest BCUT2D eigenvalue weighted by atomic mass is 9.81. The van der Waals surface area contributed by atoms with Crippen LogP contribution in [0.5, 0.6) is 0 Å². The monoisotopic (exact) mass is 472 g/mol. The highest BCUT2D eigenvalue weighted by Crippen LogP contribution is 2.63. The fourth-order valence-electron chi connectivity index (χ4n) is 5.54. The highest BCUT2D eigenvalue weighted by atomic mass is 32.2. The molecular weight excluding hydrogens is 452 g/mol. The standard InChI is InChI=1S/C22H20F4O5S/c23-21(24,22(25,26)32(27,28)29)17-12-13-11-16(17)19-18(13)30-20(31-19,14-7-3-1-4-8-14)15-9-5-2-6-10-15/h1-10,13,16-19H,11-12H2,(H,27,28,29). The minimum atomic E-state index is -6.30. The van der Waals surface area contributed by atoms with Gasteiger partial charge in [-0.05, 0) is 24.7 Å². The van der Waals surface area contributed by atoms with E-state index < -0.39 is 57.0 Å². The molecule has 3 aliphatic rings. The third-order valence-corrected chi connectivity index (χ3v) is 7.87. The molecule has 2 aromatic carbocycles. The van der Waals surface area contributed by atoms with Crippen molar-refractivity contribution in [1.82, 2.24) is 0 Å². The zero-order valence-corrected chi connectivity index (χ0v) is 17.4. The molecule has 2 bridgehead atoms. The number of rotatable bonds is 5. The second-order valence-electron chi connectivity index (χ2n) is 8.63. The van der Waals surface area contributed by atoms with Crippen LogP contribution in [-0.2, 0) is 25.4 Å². The third kappa shape index (κ3) is 2.89. The van der Waals surface area contributed by atoms with Crippen molar-refractivity contribution in [3.8, 4) is 0 Å². The van der Waals surface area contributed by atoms with E-state index in [9.17, 15) is 26.0 Å². The van der Waals surface area contributed by atoms with Gasteiger partial charge in [0.15, 0.2) is 0 Å². The maximum Gasteiger partial charge on any atom is 0.431 e. The summed E-state index contributed by atoms with van der Waals surface area (Å²) in [5.41, 5.74) is 1.26. The SMILES string of the molecule is O=S(=O)(O)C(F)(F)C(F)(F)C1CC2CC1C1OC(c3ccccc3)(c3ccccc3)OC21. The molecule has 0 aromatic heterocycles. The summed E-state index contributed by atoms with van der Waals surface area (Å²) < 4.78 is 101. The van der Waals surface area contributed by atoms with E-state index in [1.54, 1.807) is 60.7 Å². The first-order valence-corrected chi connectivity index (χ1v) is 11.6. The summed E-state index contributed by atoms with van der Waals surface area (Å²) in [6.07, 6.45) is -1.74. The summed E-state index contributed by atoms with van der Waals surface area (Å²) >= 11 is 0. The molecule has 5 nitrogen and oxygen atoms in total. The Bertz CT molecular complexity index is 1070. The van der Waals surface area contributed by atoms with Gasteiger partial charge in [-0.3, -0.25) is 4.55 Å². The van der Waals surface area contributed by atoms with Crippen LogP contribution in [0.15, 0.2) is 60.7 Å². The van der Waals surface area contributed by atoms with Gasteiger partial charge in [0.05, 0.1) is 12.2 Å². The molecule has 2 saturated carbocycles. The molecule has 0 spiro atoms. The van der Waals surface area contributed by atoms with Crippen LogP contribution in [0, 0.1) is 17.8 Å². The van der Waals surface area contributed by atoms with Gasteiger partial charge in [0.25, 0.3) is 0 Å². The molecule has 172 valence electrons. The molecule has 3 fully saturated rings. The van der Waals surface area contributed by atoms with Gasteiger partial charge in [0.2, 0.25) is 5.79 Å². The van der Waals surface area contributed by atoms with Crippen molar-refractivity contribution < 1.29 is 40.0 Å². The summed E-state index contributed by atoms with van der Waals surface area (Å²) in [4.78, 5) is 0. The average molecular weight is 472 g/mol. The summed E-state index contributed by atoms with van der Waals surface area (Å²) in [5.74, 6) is -9.89. The Morgan fingerprint density at radius 1 is 0.844 bits per heavy atom. The molecule has 10 heteroatoms. The summed E-state index contributed by atoms with van der Waals surface area (Å²) in [6.45, 7) is 0. The highest BCUT2D eigenvalue weighted by molar-refractivity contribution is 7.87. The van der Waals surface area contributed by atoms with Crippen molar-refractivity contribution in [3.63, 3.8) is 0 Å². The predicted octanol–water partition coefficient (Wildman–Crippen LogP) is 4.44. The van der Waals surface area contributed by atoms with Crippen LogP contribution in [0.3, 0.4) is 0 Å². The van der Waals surface area contributed by atoms with Gasteiger partial charge < -0.3 is 9.47 Å². The number of hydrogen-bond acceptors (Lipinski definition) is 4. The lowest BCUT2D eigenvalue weighted by Gasteiger charge is -2.36. The number of ether oxygens (including phenoxy) is 2. The molecule has 1 aliphatic heterocycles. The Balaban J connectivity index is 1.52. The lowest BCUT2D eigenvalue weighted by molar-refractivity contribution is -0.212. The molecule has 0 amide bonds. The minimum absolute atomic E-state index is 0.150. The topological polar surface area (TPSA) is 72.8 Å². The van der Waals surface area contributed by atoms with Crippen molar-refractivity contribution in [1.29, 1.82) is 0 Å². The first-order valence-electron chi connectivity index (χ1n) is 10.2. The summed E-state index contributed by atoms with van der Waals surface area (Å²) in [5, 5.41) is -5.60. The second kappa shape index (κ2) is 6.99. The molecular formula is C22H20F4O5S. The molecule has 1 heterocycles. The normalized spacial score (nSPS) is 31.6. The molecule has 2 aliphatic carbocycles. The van der Waals surface area contributed by atoms with Crippen LogP contribution in [0.1, 0.15) is 24.0 Å². The van der Waals surface area contributed by atoms with Crippen molar-refractivity contribution in [2.45, 2.75) is 42.0 Å². The van der Waals surface area contributed by atoms with Gasteiger partial charge in [-0.1, -0.05) is 60.7 Å². The second-order valence-corrected chi connectivity index (χ2v) is 10.1. The smallest absolute Gasteiger partial charge is 0.336 e. The quantitative estimate of drug-likeness (QED) is 0.515. The first-order chi connectivity index (χ1) is 15.0. The van der Waals surface area contributed by atoms with Gasteiger partial charge in [-0.25, -0.2) is 0 Å². The van der Waals surface area contributed by atoms with Crippen LogP contribution in [0.25, 0.3) is 0 Å². The predicted molar refractivity (Wildman–Crippen MR) is 105 cm³/mol. The van der Waals surface area contributed by atoms with E-state index in [-0.39, 0.29) is 12.8 Å². The van der Waals surface area contributed by atoms with E-state index in [1.165, 1.54) is 0 Å². The Morgan fingerprint density at radius 2 is 1.34 bits per heavy atom. The first kappa shape index (κ1) is 21.8. The van der Waals surface area contributed by atoms with E-state index in [2.05, 4.69) is 0 Å². The van der Waals surface area contributed by atoms with Crippen LogP contribution in [-0.4, -0.2) is 36.4 Å². The van der Waals surface area contributed by atoms with Crippen molar-refractivity contribution >= 4 is 10.1 Å². The Morgan fingerprint density at radius 3 is 1.84 bits per heavy atom. The van der Waals surface area contributed by atoms with Crippen LogP contribution < -0.4 is 0 Å². The number of alkyl halides is 4. The van der Waals surface area contributed by atoms with Gasteiger partial charge >= 0.3 is 21.3 Å². The maximum atomic E-state index is 14.8. The molecule has 0 radical (unpaired) electrons. The summed E-state index contributed by atoms with van der Waals surface area (Å²) in [6, 6.07) is 17.8. The maximum absolute atomic E-state index is 14.8. The number of benzene rings is 2. The summed E-state index contributed by atoms with van der Waals surface area (Å²) in [7, 11) is -6.30. The number of hydrogen-bond donors (Lipinski definition) is 1. The van der Waals surface area contributed by atoms with E-state index in [1.807, 2.05) is 0 Å². The van der Waals surface area contributed by atoms with Crippen molar-refractivity contribution in [2.75, 3.05) is 0 Å². The van der Waals surface area contributed by atoms with E-state index in [0.717, 1.165) is 0 Å². The zero-order chi connectivity index (χ0) is 22.9. The average Bonchev–Trinajstić information content (AvgIpc) is 3.45. The van der Waals surface area contributed by atoms with Crippen LogP contribution in [0.2, 0.25) is 0 Å². The van der Waals surface area contributed by atoms with Crippen LogP contribution >= 0.6 is 0 Å². The van der Waals surface area contributed by atoms with E-state index in [4.69, 9.17) is 14.0 Å². The molecule has 1 saturated heterocycles. The van der Waals surface area contributed by atoms with Gasteiger partial charge in [0, 0.05) is 17.0 Å². The van der Waals surface area contributed by atoms with Crippen molar-refractivity contribution in [3.05, 3.63) is 71.8 Å². The molecule has 32 heavy (non-hydrogen) atoms. The van der Waals surface area contributed by atoms with Crippen LogP contribution in [0.4, 0.5) is 17.6 Å². The highest BCUT2D eigenvalue weighted by Gasteiger charge is 2.75. The minimum Gasteiger partial charge on any atom is -0.336 e. The molecule has 5 atom stereocenters. The Labute approximate surface area is 182 Å². The van der Waals surface area contributed by atoms with Gasteiger partial charge in [0.1, 0.15) is 0 Å². The fourth-order valence-corrected chi connectivity index (χ4v) is 6.04. The Kier molecular flexibility index (Phi) is 4.77. The Hall–Kier alpha value is -2.01. The molecule has 5 unspecified atom stereocenters. The van der Waals surface area contributed by atoms with Crippen molar-refractivity contribution in [2.24, 2.45) is 17.8 Å². The number of halogens is 4. The third-order valence-electron chi connectivity index (χ3n) is 6.95. The molecule has 5 rings (SSSR count). The van der Waals surface area contributed by atoms with E-state index >= 15 is 0 Å².